The van der Waals surface area contributed by atoms with Crippen LogP contribution in [0.4, 0.5) is 11.6 Å². The number of nitrogens with zero attached hydrogens (tertiary/aromatic N) is 4. The second kappa shape index (κ2) is 8.98. The predicted octanol–water partition coefficient (Wildman–Crippen LogP) is 1.16. The van der Waals surface area contributed by atoms with Gasteiger partial charge in [-0.25, -0.2) is 9.97 Å². The molecule has 0 saturated carbocycles. The molecule has 0 aliphatic rings. The molecule has 0 atom stereocenters. The maximum atomic E-state index is 11.8. The summed E-state index contributed by atoms with van der Waals surface area (Å²) in [5.41, 5.74) is 1.43. The minimum absolute atomic E-state index is 0.0693. The van der Waals surface area contributed by atoms with E-state index in [0.29, 0.717) is 18.1 Å². The van der Waals surface area contributed by atoms with E-state index in [1.165, 1.54) is 4.90 Å². The van der Waals surface area contributed by atoms with Gasteiger partial charge in [0.25, 0.3) is 5.91 Å². The van der Waals surface area contributed by atoms with Crippen molar-refractivity contribution in [2.24, 2.45) is 0 Å². The zero-order valence-corrected chi connectivity index (χ0v) is 13.7. The SMILES string of the molecule is CN(CC(=O)OCC(=O)Nc1ccc(CC#N)cc1)c1ncccn1. The summed E-state index contributed by atoms with van der Waals surface area (Å²) in [4.78, 5) is 33.1. The Morgan fingerprint density at radius 3 is 2.56 bits per heavy atom. The number of esters is 1. The third-order valence-electron chi connectivity index (χ3n) is 3.14. The molecule has 2 aromatic rings. The van der Waals surface area contributed by atoms with Gasteiger partial charge in [-0.3, -0.25) is 9.59 Å². The summed E-state index contributed by atoms with van der Waals surface area (Å²) in [6.45, 7) is -0.456. The fourth-order valence-corrected chi connectivity index (χ4v) is 1.94. The van der Waals surface area contributed by atoms with Crippen molar-refractivity contribution in [3.05, 3.63) is 48.3 Å². The zero-order valence-electron chi connectivity index (χ0n) is 13.7. The van der Waals surface area contributed by atoms with E-state index in [1.807, 2.05) is 6.07 Å². The summed E-state index contributed by atoms with van der Waals surface area (Å²) >= 11 is 0. The van der Waals surface area contributed by atoms with E-state index in [2.05, 4.69) is 15.3 Å². The molecule has 1 aromatic heterocycles. The predicted molar refractivity (Wildman–Crippen MR) is 90.6 cm³/mol. The van der Waals surface area contributed by atoms with E-state index in [-0.39, 0.29) is 13.2 Å². The van der Waals surface area contributed by atoms with Gasteiger partial charge in [0.15, 0.2) is 6.61 Å². The van der Waals surface area contributed by atoms with E-state index < -0.39 is 11.9 Å². The monoisotopic (exact) mass is 339 g/mol. The van der Waals surface area contributed by atoms with Gasteiger partial charge in [-0.05, 0) is 23.8 Å². The van der Waals surface area contributed by atoms with Crippen molar-refractivity contribution in [1.29, 1.82) is 5.26 Å². The maximum absolute atomic E-state index is 11.8. The normalized spacial score (nSPS) is 9.76. The molecular weight excluding hydrogens is 322 g/mol. The second-order valence-corrected chi connectivity index (χ2v) is 5.15. The third-order valence-corrected chi connectivity index (χ3v) is 3.14. The molecule has 1 heterocycles. The first-order valence-electron chi connectivity index (χ1n) is 7.48. The fraction of sp³-hybridized carbons (Fsp3) is 0.235. The van der Waals surface area contributed by atoms with Crippen molar-refractivity contribution < 1.29 is 14.3 Å². The van der Waals surface area contributed by atoms with Crippen molar-refractivity contribution >= 4 is 23.5 Å². The number of ether oxygens (including phenoxy) is 1. The van der Waals surface area contributed by atoms with Gasteiger partial charge in [0.1, 0.15) is 6.54 Å². The molecule has 1 amide bonds. The molecule has 0 saturated heterocycles. The Labute approximate surface area is 145 Å². The van der Waals surface area contributed by atoms with Crippen LogP contribution in [0.3, 0.4) is 0 Å². The van der Waals surface area contributed by atoms with Crippen LogP contribution in [0, 0.1) is 11.3 Å². The number of amides is 1. The number of anilines is 2. The van der Waals surface area contributed by atoms with E-state index in [4.69, 9.17) is 10.00 Å². The number of carbonyl (C=O) groups is 2. The van der Waals surface area contributed by atoms with Crippen molar-refractivity contribution in [2.45, 2.75) is 6.42 Å². The van der Waals surface area contributed by atoms with Gasteiger partial charge in [0, 0.05) is 25.1 Å². The molecule has 0 fully saturated rings. The van der Waals surface area contributed by atoms with E-state index in [0.717, 1.165) is 5.56 Å². The topological polar surface area (TPSA) is 108 Å². The van der Waals surface area contributed by atoms with Gasteiger partial charge in [-0.1, -0.05) is 12.1 Å². The summed E-state index contributed by atoms with van der Waals surface area (Å²) in [5.74, 6) is -0.615. The first-order valence-corrected chi connectivity index (χ1v) is 7.48. The Morgan fingerprint density at radius 2 is 1.92 bits per heavy atom. The smallest absolute Gasteiger partial charge is 0.326 e. The van der Waals surface area contributed by atoms with Crippen molar-refractivity contribution in [3.8, 4) is 6.07 Å². The number of nitrogens with one attached hydrogen (secondary N) is 1. The molecular formula is C17H17N5O3. The van der Waals surface area contributed by atoms with Gasteiger partial charge in [0.2, 0.25) is 5.95 Å². The molecule has 8 nitrogen and oxygen atoms in total. The van der Waals surface area contributed by atoms with E-state index >= 15 is 0 Å². The Bertz CT molecular complexity index is 756. The third kappa shape index (κ3) is 5.91. The summed E-state index contributed by atoms with van der Waals surface area (Å²) in [7, 11) is 1.65. The fourth-order valence-electron chi connectivity index (χ4n) is 1.94. The quantitative estimate of drug-likeness (QED) is 0.754. The van der Waals surface area contributed by atoms with Crippen LogP contribution in [-0.2, 0) is 20.7 Å². The second-order valence-electron chi connectivity index (χ2n) is 5.15. The highest BCUT2D eigenvalue weighted by atomic mass is 16.5. The van der Waals surface area contributed by atoms with E-state index in [1.54, 1.807) is 49.8 Å². The molecule has 0 radical (unpaired) electrons. The van der Waals surface area contributed by atoms with Gasteiger partial charge in [-0.15, -0.1) is 0 Å². The molecule has 0 aliphatic heterocycles. The van der Waals surface area contributed by atoms with Crippen LogP contribution < -0.4 is 10.2 Å². The number of nitriles is 1. The first-order chi connectivity index (χ1) is 12.1. The number of rotatable bonds is 7. The Hall–Kier alpha value is -3.47. The average molecular weight is 339 g/mol. The van der Waals surface area contributed by atoms with Crippen LogP contribution in [0.5, 0.6) is 0 Å². The Balaban J connectivity index is 1.75. The van der Waals surface area contributed by atoms with Crippen molar-refractivity contribution in [2.75, 3.05) is 30.4 Å². The number of aromatic nitrogens is 2. The van der Waals surface area contributed by atoms with Crippen LogP contribution in [0.15, 0.2) is 42.7 Å². The highest BCUT2D eigenvalue weighted by Gasteiger charge is 2.12. The van der Waals surface area contributed by atoms with Gasteiger partial charge in [0.05, 0.1) is 12.5 Å². The molecule has 0 aliphatic carbocycles. The van der Waals surface area contributed by atoms with Crippen molar-refractivity contribution in [1.82, 2.24) is 9.97 Å². The van der Waals surface area contributed by atoms with E-state index in [9.17, 15) is 9.59 Å². The number of hydrogen-bond acceptors (Lipinski definition) is 7. The van der Waals surface area contributed by atoms with Gasteiger partial charge in [-0.2, -0.15) is 5.26 Å². The standard InChI is InChI=1S/C17H17N5O3/c1-22(17-19-9-2-10-20-17)11-16(24)25-12-15(23)21-14-5-3-13(4-6-14)7-8-18/h2-6,9-10H,7,11-12H2,1H3,(H,21,23). The Kier molecular flexibility index (Phi) is 6.42. The molecule has 1 aromatic carbocycles. The summed E-state index contributed by atoms with van der Waals surface area (Å²) in [5, 5.41) is 11.2. The number of carbonyl (C=O) groups excluding carboxylic acids is 2. The van der Waals surface area contributed by atoms with Crippen LogP contribution >= 0.6 is 0 Å². The Morgan fingerprint density at radius 1 is 1.24 bits per heavy atom. The summed E-state index contributed by atoms with van der Waals surface area (Å²) in [6, 6.07) is 10.6. The molecule has 0 unspecified atom stereocenters. The minimum Gasteiger partial charge on any atom is -0.454 e. The number of benzene rings is 1. The molecule has 2 rings (SSSR count). The van der Waals surface area contributed by atoms with Crippen LogP contribution in [-0.4, -0.2) is 42.0 Å². The molecule has 128 valence electrons. The van der Waals surface area contributed by atoms with Crippen LogP contribution in [0.25, 0.3) is 0 Å². The van der Waals surface area contributed by atoms with Crippen LogP contribution in [0.1, 0.15) is 5.56 Å². The molecule has 1 N–H and O–H groups in total. The largest absolute Gasteiger partial charge is 0.454 e. The lowest BCUT2D eigenvalue weighted by atomic mass is 10.1. The minimum atomic E-state index is -0.561. The lowest BCUT2D eigenvalue weighted by Crippen LogP contribution is -2.30. The molecule has 8 heteroatoms. The molecule has 0 spiro atoms. The highest BCUT2D eigenvalue weighted by Crippen LogP contribution is 2.09. The highest BCUT2D eigenvalue weighted by molar-refractivity contribution is 5.93. The van der Waals surface area contributed by atoms with Gasteiger partial charge >= 0.3 is 5.97 Å². The zero-order chi connectivity index (χ0) is 18.1. The van der Waals surface area contributed by atoms with Gasteiger partial charge < -0.3 is 15.0 Å². The number of likely N-dealkylation sites (N-methyl/N-ethyl adjacent to an activating group) is 1. The maximum Gasteiger partial charge on any atom is 0.326 e. The lowest BCUT2D eigenvalue weighted by molar-refractivity contribution is -0.145. The molecule has 0 bridgehead atoms. The number of hydrogen-bond donors (Lipinski definition) is 1. The average Bonchev–Trinajstić information content (AvgIpc) is 2.62. The van der Waals surface area contributed by atoms with Crippen LogP contribution in [0.2, 0.25) is 0 Å². The summed E-state index contributed by atoms with van der Waals surface area (Å²) in [6.07, 6.45) is 3.45. The van der Waals surface area contributed by atoms with Crippen molar-refractivity contribution in [3.63, 3.8) is 0 Å². The molecule has 25 heavy (non-hydrogen) atoms. The lowest BCUT2D eigenvalue weighted by Gasteiger charge is -2.15. The summed E-state index contributed by atoms with van der Waals surface area (Å²) < 4.78 is 4.94. The first kappa shape index (κ1) is 17.9.